The Morgan fingerprint density at radius 2 is 1.90 bits per heavy atom. The van der Waals surface area contributed by atoms with Crippen molar-refractivity contribution in [3.8, 4) is 0 Å². The maximum Gasteiger partial charge on any atom is 0.0169 e. The number of aryl methyl sites for hydroxylation is 1. The van der Waals surface area contributed by atoms with Crippen LogP contribution in [0.3, 0.4) is 0 Å². The van der Waals surface area contributed by atoms with Gasteiger partial charge >= 0.3 is 0 Å². The summed E-state index contributed by atoms with van der Waals surface area (Å²) in [7, 11) is 0. The number of nitrogens with one attached hydrogen (secondary N) is 1. The van der Waals surface area contributed by atoms with Crippen LogP contribution in [0.15, 0.2) is 24.3 Å². The minimum absolute atomic E-state index is 0.614. The molecule has 2 atom stereocenters. The third kappa shape index (κ3) is 3.62. The molecule has 1 aliphatic heterocycles. The van der Waals surface area contributed by atoms with Crippen LogP contribution in [0.1, 0.15) is 43.7 Å². The van der Waals surface area contributed by atoms with E-state index in [0.717, 1.165) is 0 Å². The van der Waals surface area contributed by atoms with E-state index < -0.39 is 0 Å². The average Bonchev–Trinajstić information content (AvgIpc) is 2.48. The van der Waals surface area contributed by atoms with Gasteiger partial charge in [-0.05, 0) is 63.2 Å². The predicted octanol–water partition coefficient (Wildman–Crippen LogP) is 3.01. The zero-order chi connectivity index (χ0) is 13.8. The molecule has 2 nitrogen and oxygen atoms in total. The Kier molecular flexibility index (Phi) is 4.74. The minimum Gasteiger partial charge on any atom is -0.310 e. The standard InChI is InChI=1S/C18H28N2/c1-15(14-20-11-5-2-6-12-20)19-18-10-9-16-7-3-4-8-17(16)13-18/h3-4,7-8,15,18-19H,2,5-6,9-14H2,1H3. The summed E-state index contributed by atoms with van der Waals surface area (Å²) in [5, 5.41) is 3.87. The van der Waals surface area contributed by atoms with E-state index in [1.54, 1.807) is 11.1 Å². The Balaban J connectivity index is 1.48. The monoisotopic (exact) mass is 272 g/mol. The van der Waals surface area contributed by atoms with Gasteiger partial charge in [0.2, 0.25) is 0 Å². The lowest BCUT2D eigenvalue weighted by atomic mass is 9.88. The first-order valence-electron chi connectivity index (χ1n) is 8.36. The molecule has 110 valence electrons. The summed E-state index contributed by atoms with van der Waals surface area (Å²) in [5.74, 6) is 0. The van der Waals surface area contributed by atoms with Crippen molar-refractivity contribution in [2.24, 2.45) is 0 Å². The number of rotatable bonds is 4. The van der Waals surface area contributed by atoms with Crippen LogP contribution in [0.2, 0.25) is 0 Å². The Labute approximate surface area is 123 Å². The van der Waals surface area contributed by atoms with Crippen LogP contribution < -0.4 is 5.32 Å². The normalized spacial score (nSPS) is 25.1. The van der Waals surface area contributed by atoms with Crippen molar-refractivity contribution in [1.82, 2.24) is 10.2 Å². The number of hydrogen-bond donors (Lipinski definition) is 1. The Hall–Kier alpha value is -0.860. The first-order valence-corrected chi connectivity index (χ1v) is 8.36. The number of hydrogen-bond acceptors (Lipinski definition) is 2. The van der Waals surface area contributed by atoms with Crippen LogP contribution in [-0.2, 0) is 12.8 Å². The van der Waals surface area contributed by atoms with E-state index in [9.17, 15) is 0 Å². The van der Waals surface area contributed by atoms with Crippen molar-refractivity contribution in [3.05, 3.63) is 35.4 Å². The molecule has 3 rings (SSSR count). The quantitative estimate of drug-likeness (QED) is 0.906. The largest absolute Gasteiger partial charge is 0.310 e. The summed E-state index contributed by atoms with van der Waals surface area (Å²) in [6.45, 7) is 6.19. The van der Waals surface area contributed by atoms with Gasteiger partial charge in [0.1, 0.15) is 0 Å². The van der Waals surface area contributed by atoms with Gasteiger partial charge in [-0.3, -0.25) is 0 Å². The van der Waals surface area contributed by atoms with Crippen LogP contribution in [-0.4, -0.2) is 36.6 Å². The van der Waals surface area contributed by atoms with Gasteiger partial charge in [-0.25, -0.2) is 0 Å². The van der Waals surface area contributed by atoms with Gasteiger partial charge in [0.25, 0.3) is 0 Å². The highest BCUT2D eigenvalue weighted by Gasteiger charge is 2.20. The number of fused-ring (bicyclic) bond motifs is 1. The molecule has 1 aromatic rings. The fourth-order valence-electron chi connectivity index (χ4n) is 3.82. The van der Waals surface area contributed by atoms with E-state index >= 15 is 0 Å². The molecule has 1 aliphatic carbocycles. The predicted molar refractivity (Wildman–Crippen MR) is 85.1 cm³/mol. The van der Waals surface area contributed by atoms with Crippen molar-refractivity contribution in [1.29, 1.82) is 0 Å². The van der Waals surface area contributed by atoms with E-state index in [-0.39, 0.29) is 0 Å². The number of benzene rings is 1. The van der Waals surface area contributed by atoms with Gasteiger partial charge in [-0.2, -0.15) is 0 Å². The highest BCUT2D eigenvalue weighted by molar-refractivity contribution is 5.30. The maximum atomic E-state index is 3.87. The van der Waals surface area contributed by atoms with Crippen LogP contribution in [0.5, 0.6) is 0 Å². The second-order valence-corrected chi connectivity index (χ2v) is 6.64. The van der Waals surface area contributed by atoms with Crippen molar-refractivity contribution < 1.29 is 0 Å². The van der Waals surface area contributed by atoms with Crippen LogP contribution in [0, 0.1) is 0 Å². The van der Waals surface area contributed by atoms with Gasteiger partial charge in [0.05, 0.1) is 0 Å². The molecule has 2 aliphatic rings. The van der Waals surface area contributed by atoms with Gasteiger partial charge in [0.15, 0.2) is 0 Å². The molecule has 1 fully saturated rings. The van der Waals surface area contributed by atoms with Crippen LogP contribution in [0.4, 0.5) is 0 Å². The molecule has 2 unspecified atom stereocenters. The molecule has 0 bridgehead atoms. The van der Waals surface area contributed by atoms with E-state index in [1.165, 1.54) is 58.2 Å². The van der Waals surface area contributed by atoms with Crippen molar-refractivity contribution in [2.45, 2.75) is 57.5 Å². The fraction of sp³-hybridized carbons (Fsp3) is 0.667. The van der Waals surface area contributed by atoms with E-state index in [4.69, 9.17) is 0 Å². The lowest BCUT2D eigenvalue weighted by molar-refractivity contribution is 0.202. The molecule has 0 saturated carbocycles. The summed E-state index contributed by atoms with van der Waals surface area (Å²) in [4.78, 5) is 2.64. The molecule has 1 N–H and O–H groups in total. The summed E-state index contributed by atoms with van der Waals surface area (Å²) in [5.41, 5.74) is 3.12. The van der Waals surface area contributed by atoms with Gasteiger partial charge in [0, 0.05) is 18.6 Å². The Morgan fingerprint density at radius 3 is 2.70 bits per heavy atom. The smallest absolute Gasteiger partial charge is 0.0169 e. The van der Waals surface area contributed by atoms with Crippen LogP contribution >= 0.6 is 0 Å². The topological polar surface area (TPSA) is 15.3 Å². The van der Waals surface area contributed by atoms with Crippen molar-refractivity contribution >= 4 is 0 Å². The third-order valence-electron chi connectivity index (χ3n) is 4.85. The fourth-order valence-corrected chi connectivity index (χ4v) is 3.82. The molecule has 0 radical (unpaired) electrons. The molecule has 0 amide bonds. The summed E-state index contributed by atoms with van der Waals surface area (Å²) >= 11 is 0. The Bertz CT molecular complexity index is 423. The average molecular weight is 272 g/mol. The molecule has 1 aromatic carbocycles. The Morgan fingerprint density at radius 1 is 1.15 bits per heavy atom. The van der Waals surface area contributed by atoms with Gasteiger partial charge < -0.3 is 10.2 Å². The lowest BCUT2D eigenvalue weighted by Crippen LogP contribution is -2.46. The lowest BCUT2D eigenvalue weighted by Gasteiger charge is -2.33. The zero-order valence-corrected chi connectivity index (χ0v) is 12.8. The molecule has 1 heterocycles. The molecular weight excluding hydrogens is 244 g/mol. The van der Waals surface area contributed by atoms with E-state index in [1.807, 2.05) is 0 Å². The molecule has 0 aromatic heterocycles. The first-order chi connectivity index (χ1) is 9.81. The highest BCUT2D eigenvalue weighted by Crippen LogP contribution is 2.21. The van der Waals surface area contributed by atoms with E-state index in [2.05, 4.69) is 41.4 Å². The van der Waals surface area contributed by atoms with Gasteiger partial charge in [-0.1, -0.05) is 30.7 Å². The highest BCUT2D eigenvalue weighted by atomic mass is 15.2. The second kappa shape index (κ2) is 6.73. The molecule has 1 saturated heterocycles. The SMILES string of the molecule is CC(CN1CCCCC1)NC1CCc2ccccc2C1. The second-order valence-electron chi connectivity index (χ2n) is 6.64. The number of nitrogens with zero attached hydrogens (tertiary/aromatic N) is 1. The first kappa shape index (κ1) is 14.1. The molecule has 0 spiro atoms. The molecular formula is C18H28N2. The summed E-state index contributed by atoms with van der Waals surface area (Å²) in [6.07, 6.45) is 7.96. The maximum absolute atomic E-state index is 3.87. The molecule has 2 heteroatoms. The van der Waals surface area contributed by atoms with Gasteiger partial charge in [-0.15, -0.1) is 0 Å². The van der Waals surface area contributed by atoms with Crippen molar-refractivity contribution in [3.63, 3.8) is 0 Å². The molecule has 20 heavy (non-hydrogen) atoms. The zero-order valence-electron chi connectivity index (χ0n) is 12.8. The van der Waals surface area contributed by atoms with E-state index in [0.29, 0.717) is 12.1 Å². The summed E-state index contributed by atoms with van der Waals surface area (Å²) < 4.78 is 0. The number of piperidine rings is 1. The third-order valence-corrected chi connectivity index (χ3v) is 4.85. The number of likely N-dealkylation sites (tertiary alicyclic amines) is 1. The van der Waals surface area contributed by atoms with Crippen molar-refractivity contribution in [2.75, 3.05) is 19.6 Å². The minimum atomic E-state index is 0.614. The summed E-state index contributed by atoms with van der Waals surface area (Å²) in [6, 6.07) is 10.2. The van der Waals surface area contributed by atoms with Crippen LogP contribution in [0.25, 0.3) is 0 Å².